The molecule has 0 fully saturated rings. The summed E-state index contributed by atoms with van der Waals surface area (Å²) in [6, 6.07) is 2.83. The van der Waals surface area contributed by atoms with Crippen molar-refractivity contribution in [1.82, 2.24) is 9.78 Å². The molecule has 1 heterocycles. The van der Waals surface area contributed by atoms with Crippen LogP contribution in [0, 0.1) is 6.92 Å². The van der Waals surface area contributed by atoms with Crippen LogP contribution in [0.2, 0.25) is 10.0 Å². The molecule has 8 nitrogen and oxygen atoms in total. The van der Waals surface area contributed by atoms with E-state index in [1.54, 1.807) is 14.0 Å². The van der Waals surface area contributed by atoms with Crippen molar-refractivity contribution >= 4 is 35.4 Å². The van der Waals surface area contributed by atoms with Crippen LogP contribution in [0.3, 0.4) is 0 Å². The van der Waals surface area contributed by atoms with E-state index in [4.69, 9.17) is 42.6 Å². The number of hydrogen-bond acceptors (Lipinski definition) is 6. The summed E-state index contributed by atoms with van der Waals surface area (Å²) in [6.07, 6.45) is 0.371. The van der Waals surface area contributed by atoms with Crippen LogP contribution in [-0.4, -0.2) is 40.3 Å². The second-order valence-electron chi connectivity index (χ2n) is 5.26. The molecule has 0 aliphatic carbocycles. The quantitative estimate of drug-likeness (QED) is 0.561. The fourth-order valence-electron chi connectivity index (χ4n) is 2.05. The topological polar surface area (TPSA) is 95.2 Å². The van der Waals surface area contributed by atoms with Crippen LogP contribution < -0.4 is 9.47 Å². The average molecular weight is 402 g/mol. The van der Waals surface area contributed by atoms with E-state index in [2.05, 4.69) is 10.3 Å². The highest BCUT2D eigenvalue weighted by atomic mass is 35.5. The molecule has 0 aliphatic heterocycles. The number of carbonyl (C=O) groups is 1. The molecule has 2 rings (SSSR count). The maximum absolute atomic E-state index is 11.0. The normalized spacial score (nSPS) is 12.2. The summed E-state index contributed by atoms with van der Waals surface area (Å²) in [5, 5.41) is 17.4. The molecule has 0 spiro atoms. The third kappa shape index (κ3) is 4.39. The molecule has 0 amide bonds. The number of rotatable bonds is 7. The lowest BCUT2D eigenvalue weighted by Gasteiger charge is -2.15. The largest absolute Gasteiger partial charge is 0.479 e. The van der Waals surface area contributed by atoms with E-state index >= 15 is 0 Å². The summed E-state index contributed by atoms with van der Waals surface area (Å²) in [5.41, 5.74) is 1.27. The lowest BCUT2D eigenvalue weighted by Crippen LogP contribution is -2.23. The molecule has 26 heavy (non-hydrogen) atoms. The number of benzene rings is 1. The third-order valence-corrected chi connectivity index (χ3v) is 3.94. The first kappa shape index (κ1) is 19.9. The molecular weight excluding hydrogens is 385 g/mol. The van der Waals surface area contributed by atoms with Gasteiger partial charge in [0.2, 0.25) is 5.88 Å². The molecule has 1 aromatic heterocycles. The number of carboxylic acid groups (broad SMARTS) is 1. The van der Waals surface area contributed by atoms with Crippen molar-refractivity contribution in [3.63, 3.8) is 0 Å². The molecule has 0 radical (unpaired) electrons. The van der Waals surface area contributed by atoms with Crippen LogP contribution in [0.15, 0.2) is 17.3 Å². The average Bonchev–Trinajstić information content (AvgIpc) is 2.83. The SMILES string of the molecule is CO/N=C/c1c(C)nn(C)c1Oc1cc(O[C@@H](C)C(=O)O)c(Cl)cc1Cl. The number of aliphatic carboxylic acids is 1. The summed E-state index contributed by atoms with van der Waals surface area (Å²) >= 11 is 12.3. The second kappa shape index (κ2) is 8.29. The number of aryl methyl sites for hydroxylation is 2. The van der Waals surface area contributed by atoms with E-state index in [1.165, 1.54) is 37.1 Å². The van der Waals surface area contributed by atoms with E-state index in [0.29, 0.717) is 17.1 Å². The van der Waals surface area contributed by atoms with Gasteiger partial charge in [-0.2, -0.15) is 5.10 Å². The molecule has 0 bridgehead atoms. The Balaban J connectivity index is 2.41. The second-order valence-corrected chi connectivity index (χ2v) is 6.07. The Bertz CT molecular complexity index is 851. The predicted octanol–water partition coefficient (Wildman–Crippen LogP) is 3.66. The fraction of sp³-hybridized carbons (Fsp3) is 0.312. The lowest BCUT2D eigenvalue weighted by molar-refractivity contribution is -0.144. The van der Waals surface area contributed by atoms with Gasteiger partial charge in [0, 0.05) is 13.1 Å². The zero-order valence-corrected chi connectivity index (χ0v) is 16.0. The minimum absolute atomic E-state index is 0.131. The molecule has 1 N–H and O–H groups in total. The first-order valence-electron chi connectivity index (χ1n) is 7.41. The molecule has 0 saturated carbocycles. The molecule has 1 aromatic carbocycles. The Morgan fingerprint density at radius 2 is 2.00 bits per heavy atom. The zero-order chi connectivity index (χ0) is 19.4. The van der Waals surface area contributed by atoms with Crippen molar-refractivity contribution in [2.24, 2.45) is 12.2 Å². The molecular formula is C16H17Cl2N3O5. The smallest absolute Gasteiger partial charge is 0.344 e. The number of ether oxygens (including phenoxy) is 2. The van der Waals surface area contributed by atoms with Crippen molar-refractivity contribution in [3.05, 3.63) is 33.4 Å². The van der Waals surface area contributed by atoms with Crippen molar-refractivity contribution < 1.29 is 24.2 Å². The Labute approximate surface area is 159 Å². The van der Waals surface area contributed by atoms with Gasteiger partial charge in [0.15, 0.2) is 11.9 Å². The summed E-state index contributed by atoms with van der Waals surface area (Å²) in [7, 11) is 3.12. The van der Waals surface area contributed by atoms with E-state index < -0.39 is 12.1 Å². The molecule has 0 saturated heterocycles. The van der Waals surface area contributed by atoms with Crippen LogP contribution in [-0.2, 0) is 16.7 Å². The van der Waals surface area contributed by atoms with Crippen molar-refractivity contribution in [3.8, 4) is 17.4 Å². The number of halogens is 2. The van der Waals surface area contributed by atoms with Gasteiger partial charge in [-0.15, -0.1) is 0 Å². The molecule has 0 unspecified atom stereocenters. The van der Waals surface area contributed by atoms with Crippen LogP contribution in [0.1, 0.15) is 18.2 Å². The van der Waals surface area contributed by atoms with Gasteiger partial charge >= 0.3 is 5.97 Å². The van der Waals surface area contributed by atoms with Gasteiger partial charge in [-0.1, -0.05) is 28.4 Å². The van der Waals surface area contributed by atoms with Gasteiger partial charge < -0.3 is 19.4 Å². The maximum Gasteiger partial charge on any atom is 0.344 e. The van der Waals surface area contributed by atoms with Gasteiger partial charge in [0.1, 0.15) is 12.9 Å². The van der Waals surface area contributed by atoms with Crippen LogP contribution >= 0.6 is 23.2 Å². The molecule has 0 aliphatic rings. The van der Waals surface area contributed by atoms with E-state index in [0.717, 1.165) is 0 Å². The molecule has 1 atom stereocenters. The number of carboxylic acids is 1. The fourth-order valence-corrected chi connectivity index (χ4v) is 2.52. The number of aromatic nitrogens is 2. The zero-order valence-electron chi connectivity index (χ0n) is 14.5. The van der Waals surface area contributed by atoms with Crippen LogP contribution in [0.5, 0.6) is 17.4 Å². The summed E-state index contributed by atoms with van der Waals surface area (Å²) in [6.45, 7) is 3.17. The summed E-state index contributed by atoms with van der Waals surface area (Å²) in [5.74, 6) is -0.408. The van der Waals surface area contributed by atoms with Crippen molar-refractivity contribution in [1.29, 1.82) is 0 Å². The molecule has 140 valence electrons. The summed E-state index contributed by atoms with van der Waals surface area (Å²) < 4.78 is 12.7. The molecule has 2 aromatic rings. The van der Waals surface area contributed by atoms with Gasteiger partial charge in [-0.05, 0) is 19.9 Å². The van der Waals surface area contributed by atoms with Crippen LogP contribution in [0.25, 0.3) is 0 Å². The Kier molecular flexibility index (Phi) is 6.33. The van der Waals surface area contributed by atoms with Gasteiger partial charge in [-0.3, -0.25) is 0 Å². The van der Waals surface area contributed by atoms with Gasteiger partial charge in [0.05, 0.1) is 27.5 Å². The highest BCUT2D eigenvalue weighted by molar-refractivity contribution is 6.36. The van der Waals surface area contributed by atoms with E-state index in [-0.39, 0.29) is 21.5 Å². The molecule has 10 heteroatoms. The van der Waals surface area contributed by atoms with Gasteiger partial charge in [-0.25, -0.2) is 9.48 Å². The van der Waals surface area contributed by atoms with Gasteiger partial charge in [0.25, 0.3) is 0 Å². The van der Waals surface area contributed by atoms with E-state index in [9.17, 15) is 4.79 Å². The minimum Gasteiger partial charge on any atom is -0.479 e. The maximum atomic E-state index is 11.0. The summed E-state index contributed by atoms with van der Waals surface area (Å²) in [4.78, 5) is 15.7. The highest BCUT2D eigenvalue weighted by Crippen LogP contribution is 2.39. The number of oxime groups is 1. The third-order valence-electron chi connectivity index (χ3n) is 3.35. The Hall–Kier alpha value is -2.45. The monoisotopic (exact) mass is 401 g/mol. The minimum atomic E-state index is -1.13. The highest BCUT2D eigenvalue weighted by Gasteiger charge is 2.20. The number of hydrogen-bond donors (Lipinski definition) is 1. The van der Waals surface area contributed by atoms with Crippen molar-refractivity contribution in [2.75, 3.05) is 7.11 Å². The van der Waals surface area contributed by atoms with Crippen molar-refractivity contribution in [2.45, 2.75) is 20.0 Å². The van der Waals surface area contributed by atoms with Crippen LogP contribution in [0.4, 0.5) is 0 Å². The first-order valence-corrected chi connectivity index (χ1v) is 8.16. The first-order chi connectivity index (χ1) is 12.2. The Morgan fingerprint density at radius 1 is 1.35 bits per heavy atom. The lowest BCUT2D eigenvalue weighted by atomic mass is 10.2. The standard InChI is InChI=1S/C16H17Cl2N3O5/c1-8-10(7-19-24-4)15(21(3)20-8)26-14-6-13(11(17)5-12(14)18)25-9(2)16(22)23/h5-7,9H,1-4H3,(H,22,23)/b19-7+/t9-/m0/s1. The van der Waals surface area contributed by atoms with E-state index in [1.807, 2.05) is 0 Å². The Morgan fingerprint density at radius 3 is 2.62 bits per heavy atom. The predicted molar refractivity (Wildman–Crippen MR) is 96.8 cm³/mol. The number of nitrogens with zero attached hydrogens (tertiary/aromatic N) is 3.